The summed E-state index contributed by atoms with van der Waals surface area (Å²) in [6, 6.07) is 8.10. The first-order chi connectivity index (χ1) is 7.81. The van der Waals surface area contributed by atoms with Crippen molar-refractivity contribution in [1.82, 2.24) is 0 Å². The van der Waals surface area contributed by atoms with Gasteiger partial charge in [-0.25, -0.2) is 0 Å². The molecule has 1 saturated heterocycles. The van der Waals surface area contributed by atoms with E-state index in [0.717, 1.165) is 23.4 Å². The summed E-state index contributed by atoms with van der Waals surface area (Å²) in [6.07, 6.45) is 2.63. The molecule has 0 amide bonds. The smallest absolute Gasteiger partial charge is 0.101 e. The van der Waals surface area contributed by atoms with Crippen molar-refractivity contribution in [3.8, 4) is 6.07 Å². The van der Waals surface area contributed by atoms with Crippen LogP contribution in [0.5, 0.6) is 0 Å². The molecule has 1 aliphatic rings. The second-order valence-electron chi connectivity index (χ2n) is 4.13. The van der Waals surface area contributed by atoms with Crippen molar-refractivity contribution in [2.45, 2.75) is 25.0 Å². The number of nitrogens with zero attached hydrogens (tertiary/aromatic N) is 1. The third kappa shape index (κ3) is 2.51. The molecule has 1 aromatic carbocycles. The standard InChI is InChI=1S/C13H16N2S/c1-10-4-2-5-11(8-14)13(10)15-9-12-6-3-7-16-12/h2,4-5,12,15H,3,6-7,9H2,1H3. The minimum atomic E-state index is 0.714. The van der Waals surface area contributed by atoms with Crippen molar-refractivity contribution in [2.75, 3.05) is 17.6 Å². The molecular weight excluding hydrogens is 216 g/mol. The van der Waals surface area contributed by atoms with Crippen LogP contribution < -0.4 is 5.32 Å². The zero-order valence-corrected chi connectivity index (χ0v) is 10.3. The summed E-state index contributed by atoms with van der Waals surface area (Å²) in [5.41, 5.74) is 2.92. The summed E-state index contributed by atoms with van der Waals surface area (Å²) in [4.78, 5) is 0. The van der Waals surface area contributed by atoms with E-state index in [0.29, 0.717) is 5.25 Å². The van der Waals surface area contributed by atoms with Gasteiger partial charge in [-0.1, -0.05) is 12.1 Å². The molecule has 0 radical (unpaired) electrons. The van der Waals surface area contributed by atoms with Gasteiger partial charge >= 0.3 is 0 Å². The molecule has 1 aliphatic heterocycles. The molecule has 2 nitrogen and oxygen atoms in total. The Morgan fingerprint density at radius 2 is 2.44 bits per heavy atom. The van der Waals surface area contributed by atoms with E-state index in [1.54, 1.807) is 0 Å². The predicted molar refractivity (Wildman–Crippen MR) is 69.9 cm³/mol. The molecule has 0 spiro atoms. The van der Waals surface area contributed by atoms with E-state index in [2.05, 4.69) is 11.4 Å². The Balaban J connectivity index is 2.05. The molecular formula is C13H16N2S. The van der Waals surface area contributed by atoms with Crippen molar-refractivity contribution in [3.05, 3.63) is 29.3 Å². The number of thioether (sulfide) groups is 1. The van der Waals surface area contributed by atoms with Gasteiger partial charge in [0.1, 0.15) is 6.07 Å². The minimum absolute atomic E-state index is 0.714. The summed E-state index contributed by atoms with van der Waals surface area (Å²) in [7, 11) is 0. The highest BCUT2D eigenvalue weighted by atomic mass is 32.2. The van der Waals surface area contributed by atoms with E-state index in [4.69, 9.17) is 5.26 Å². The largest absolute Gasteiger partial charge is 0.383 e. The third-order valence-corrected chi connectivity index (χ3v) is 4.32. The van der Waals surface area contributed by atoms with Crippen LogP contribution in [0.4, 0.5) is 5.69 Å². The Hall–Kier alpha value is -1.14. The summed E-state index contributed by atoms with van der Waals surface area (Å²) < 4.78 is 0. The van der Waals surface area contributed by atoms with Crippen LogP contribution in [-0.4, -0.2) is 17.5 Å². The number of aryl methyl sites for hydroxylation is 1. The minimum Gasteiger partial charge on any atom is -0.383 e. The van der Waals surface area contributed by atoms with Crippen LogP contribution in [0.3, 0.4) is 0 Å². The fraction of sp³-hybridized carbons (Fsp3) is 0.462. The number of anilines is 1. The van der Waals surface area contributed by atoms with Crippen LogP contribution in [0.1, 0.15) is 24.0 Å². The average Bonchev–Trinajstić information content (AvgIpc) is 2.80. The quantitative estimate of drug-likeness (QED) is 0.869. The molecule has 1 N–H and O–H groups in total. The van der Waals surface area contributed by atoms with Gasteiger partial charge in [-0.2, -0.15) is 17.0 Å². The lowest BCUT2D eigenvalue weighted by atomic mass is 10.1. The van der Waals surface area contributed by atoms with Crippen molar-refractivity contribution in [1.29, 1.82) is 5.26 Å². The molecule has 84 valence electrons. The number of nitriles is 1. The topological polar surface area (TPSA) is 35.8 Å². The first-order valence-corrected chi connectivity index (χ1v) is 6.71. The Bertz CT molecular complexity index is 403. The number of nitrogens with one attached hydrogen (secondary N) is 1. The van der Waals surface area contributed by atoms with Crippen LogP contribution in [-0.2, 0) is 0 Å². The fourth-order valence-corrected chi connectivity index (χ4v) is 3.22. The SMILES string of the molecule is Cc1cccc(C#N)c1NCC1CCCS1. The molecule has 1 unspecified atom stereocenters. The molecule has 0 bridgehead atoms. The molecule has 0 aliphatic carbocycles. The first-order valence-electron chi connectivity index (χ1n) is 5.66. The summed E-state index contributed by atoms with van der Waals surface area (Å²) in [6.45, 7) is 3.02. The predicted octanol–water partition coefficient (Wildman–Crippen LogP) is 3.17. The molecule has 0 saturated carbocycles. The normalized spacial score (nSPS) is 19.4. The molecule has 1 aromatic rings. The zero-order valence-electron chi connectivity index (χ0n) is 9.49. The van der Waals surface area contributed by atoms with Crippen molar-refractivity contribution in [2.24, 2.45) is 0 Å². The van der Waals surface area contributed by atoms with Crippen LogP contribution in [0, 0.1) is 18.3 Å². The highest BCUT2D eigenvalue weighted by Gasteiger charge is 2.15. The number of para-hydroxylation sites is 1. The van der Waals surface area contributed by atoms with Gasteiger partial charge in [-0.05, 0) is 37.1 Å². The maximum absolute atomic E-state index is 9.04. The molecule has 2 rings (SSSR count). The molecule has 1 atom stereocenters. The second-order valence-corrected chi connectivity index (χ2v) is 5.53. The molecule has 16 heavy (non-hydrogen) atoms. The van der Waals surface area contributed by atoms with Crippen molar-refractivity contribution >= 4 is 17.4 Å². The Kier molecular flexibility index (Phi) is 3.74. The highest BCUT2D eigenvalue weighted by Crippen LogP contribution is 2.27. The zero-order chi connectivity index (χ0) is 11.4. The lowest BCUT2D eigenvalue weighted by Gasteiger charge is -2.14. The van der Waals surface area contributed by atoms with Crippen LogP contribution in [0.15, 0.2) is 18.2 Å². The van der Waals surface area contributed by atoms with Crippen LogP contribution in [0.25, 0.3) is 0 Å². The second kappa shape index (κ2) is 5.27. The summed E-state index contributed by atoms with van der Waals surface area (Å²) in [5, 5.41) is 13.2. The van der Waals surface area contributed by atoms with Gasteiger partial charge in [0, 0.05) is 11.8 Å². The van der Waals surface area contributed by atoms with Crippen LogP contribution >= 0.6 is 11.8 Å². The van der Waals surface area contributed by atoms with Gasteiger partial charge < -0.3 is 5.32 Å². The van der Waals surface area contributed by atoms with Crippen molar-refractivity contribution < 1.29 is 0 Å². The Morgan fingerprint density at radius 1 is 1.56 bits per heavy atom. The number of rotatable bonds is 3. The van der Waals surface area contributed by atoms with E-state index < -0.39 is 0 Å². The molecule has 1 fully saturated rings. The summed E-state index contributed by atoms with van der Waals surface area (Å²) >= 11 is 2.04. The maximum atomic E-state index is 9.04. The van der Waals surface area contributed by atoms with E-state index in [1.165, 1.54) is 18.6 Å². The Morgan fingerprint density at radius 3 is 3.12 bits per heavy atom. The van der Waals surface area contributed by atoms with E-state index in [9.17, 15) is 0 Å². The van der Waals surface area contributed by atoms with Crippen molar-refractivity contribution in [3.63, 3.8) is 0 Å². The number of hydrogen-bond acceptors (Lipinski definition) is 3. The van der Waals surface area contributed by atoms with Gasteiger partial charge in [0.2, 0.25) is 0 Å². The van der Waals surface area contributed by atoms with Gasteiger partial charge in [0.25, 0.3) is 0 Å². The van der Waals surface area contributed by atoms with E-state index in [1.807, 2.05) is 36.9 Å². The molecule has 3 heteroatoms. The summed E-state index contributed by atoms with van der Waals surface area (Å²) in [5.74, 6) is 1.28. The van der Waals surface area contributed by atoms with Gasteiger partial charge in [-0.3, -0.25) is 0 Å². The monoisotopic (exact) mass is 232 g/mol. The third-order valence-electron chi connectivity index (χ3n) is 2.92. The fourth-order valence-electron chi connectivity index (χ4n) is 2.02. The van der Waals surface area contributed by atoms with Crippen LogP contribution in [0.2, 0.25) is 0 Å². The average molecular weight is 232 g/mol. The number of benzene rings is 1. The maximum Gasteiger partial charge on any atom is 0.101 e. The molecule has 0 aromatic heterocycles. The lowest BCUT2D eigenvalue weighted by Crippen LogP contribution is -2.15. The first kappa shape index (κ1) is 11.3. The highest BCUT2D eigenvalue weighted by molar-refractivity contribution is 8.00. The van der Waals surface area contributed by atoms with E-state index >= 15 is 0 Å². The lowest BCUT2D eigenvalue weighted by molar-refractivity contribution is 0.805. The van der Waals surface area contributed by atoms with Gasteiger partial charge in [0.15, 0.2) is 0 Å². The Labute approximate surface area is 101 Å². The van der Waals surface area contributed by atoms with E-state index in [-0.39, 0.29) is 0 Å². The molecule has 1 heterocycles. The number of hydrogen-bond donors (Lipinski definition) is 1. The van der Waals surface area contributed by atoms with Gasteiger partial charge in [0.05, 0.1) is 11.3 Å². The van der Waals surface area contributed by atoms with Gasteiger partial charge in [-0.15, -0.1) is 0 Å².